The second-order valence-corrected chi connectivity index (χ2v) is 7.60. The lowest BCUT2D eigenvalue weighted by molar-refractivity contribution is -0.121. The van der Waals surface area contributed by atoms with Gasteiger partial charge in [-0.2, -0.15) is 0 Å². The van der Waals surface area contributed by atoms with E-state index in [9.17, 15) is 14.7 Å². The maximum Gasteiger partial charge on any atom is 0.336 e. The zero-order valence-electron chi connectivity index (χ0n) is 17.3. The summed E-state index contributed by atoms with van der Waals surface area (Å²) in [6, 6.07) is 8.94. The van der Waals surface area contributed by atoms with Gasteiger partial charge in [0, 0.05) is 5.69 Å². The van der Waals surface area contributed by atoms with E-state index in [0.717, 1.165) is 36.8 Å². The lowest BCUT2D eigenvalue weighted by Crippen LogP contribution is -2.38. The zero-order chi connectivity index (χ0) is 21.2. The molecule has 3 rings (SSSR count). The van der Waals surface area contributed by atoms with Gasteiger partial charge in [-0.15, -0.1) is 0 Å². The minimum absolute atomic E-state index is 0.120. The second-order valence-electron chi connectivity index (χ2n) is 7.60. The number of carboxylic acid groups (broad SMARTS) is 1. The largest absolute Gasteiger partial charge is 0.493 e. The molecular formula is C23H27NO5. The van der Waals surface area contributed by atoms with Gasteiger partial charge in [0.15, 0.2) is 11.5 Å². The highest BCUT2D eigenvalue weighted by molar-refractivity contribution is 6.01. The molecule has 1 saturated carbocycles. The van der Waals surface area contributed by atoms with Gasteiger partial charge in [-0.3, -0.25) is 4.79 Å². The fourth-order valence-electron chi connectivity index (χ4n) is 4.22. The van der Waals surface area contributed by atoms with Crippen LogP contribution in [0.25, 0.3) is 0 Å². The van der Waals surface area contributed by atoms with Crippen molar-refractivity contribution in [1.29, 1.82) is 0 Å². The van der Waals surface area contributed by atoms with Gasteiger partial charge in [0.25, 0.3) is 0 Å². The van der Waals surface area contributed by atoms with Crippen LogP contribution in [0.3, 0.4) is 0 Å². The Kier molecular flexibility index (Phi) is 5.82. The Bertz CT molecular complexity index is 945. The van der Waals surface area contributed by atoms with E-state index in [2.05, 4.69) is 5.32 Å². The number of carbonyl (C=O) groups is 2. The van der Waals surface area contributed by atoms with Gasteiger partial charge in [0.05, 0.1) is 25.2 Å². The fourth-order valence-corrected chi connectivity index (χ4v) is 4.22. The number of amides is 1. The van der Waals surface area contributed by atoms with Crippen LogP contribution in [0.2, 0.25) is 0 Å². The van der Waals surface area contributed by atoms with Crippen molar-refractivity contribution in [3.63, 3.8) is 0 Å². The van der Waals surface area contributed by atoms with Crippen LogP contribution < -0.4 is 14.8 Å². The normalized spacial score (nSPS) is 15.0. The minimum Gasteiger partial charge on any atom is -0.493 e. The Hall–Kier alpha value is -3.02. The van der Waals surface area contributed by atoms with Crippen molar-refractivity contribution in [2.75, 3.05) is 19.5 Å². The highest BCUT2D eigenvalue weighted by atomic mass is 16.5. The Balaban J connectivity index is 1.99. The maximum atomic E-state index is 13.5. The average molecular weight is 397 g/mol. The van der Waals surface area contributed by atoms with Gasteiger partial charge in [-0.05, 0) is 61.6 Å². The third-order valence-electron chi connectivity index (χ3n) is 5.88. The number of aromatic carboxylic acids is 1. The molecule has 6 heteroatoms. The van der Waals surface area contributed by atoms with Crippen molar-refractivity contribution in [2.45, 2.75) is 44.9 Å². The lowest BCUT2D eigenvalue weighted by atomic mass is 9.77. The number of aryl methyl sites for hydroxylation is 2. The topological polar surface area (TPSA) is 84.9 Å². The molecule has 2 aromatic rings. The molecule has 0 heterocycles. The second kappa shape index (κ2) is 8.15. The van der Waals surface area contributed by atoms with E-state index in [4.69, 9.17) is 9.47 Å². The predicted octanol–water partition coefficient (Wildman–Crippen LogP) is 4.47. The van der Waals surface area contributed by atoms with Crippen LogP contribution in [-0.4, -0.2) is 31.2 Å². The molecule has 0 saturated heterocycles. The van der Waals surface area contributed by atoms with Crippen LogP contribution in [0.15, 0.2) is 30.3 Å². The Morgan fingerprint density at radius 3 is 2.21 bits per heavy atom. The van der Waals surface area contributed by atoms with Crippen LogP contribution in [0.5, 0.6) is 11.5 Å². The molecule has 6 nitrogen and oxygen atoms in total. The number of hydrogen-bond acceptors (Lipinski definition) is 4. The SMILES string of the molecule is COc1ccc(C2(C(=O)Nc3cc(C(=O)O)c(C)cc3C)CCCC2)cc1OC. The molecular weight excluding hydrogens is 370 g/mol. The summed E-state index contributed by atoms with van der Waals surface area (Å²) in [6.07, 6.45) is 3.36. The van der Waals surface area contributed by atoms with Gasteiger partial charge >= 0.3 is 5.97 Å². The third kappa shape index (κ3) is 3.79. The van der Waals surface area contributed by atoms with E-state index in [1.54, 1.807) is 33.3 Å². The van der Waals surface area contributed by atoms with E-state index < -0.39 is 11.4 Å². The minimum atomic E-state index is -1.01. The van der Waals surface area contributed by atoms with E-state index in [0.29, 0.717) is 22.7 Å². The van der Waals surface area contributed by atoms with Crippen molar-refractivity contribution < 1.29 is 24.2 Å². The lowest BCUT2D eigenvalue weighted by Gasteiger charge is -2.29. The number of carbonyl (C=O) groups excluding carboxylic acids is 1. The summed E-state index contributed by atoms with van der Waals surface area (Å²) in [6.45, 7) is 3.62. The molecule has 0 aliphatic heterocycles. The van der Waals surface area contributed by atoms with Crippen molar-refractivity contribution in [1.82, 2.24) is 0 Å². The van der Waals surface area contributed by atoms with Crippen LogP contribution in [-0.2, 0) is 10.2 Å². The first-order valence-corrected chi connectivity index (χ1v) is 9.71. The van der Waals surface area contributed by atoms with Crippen LogP contribution in [0.4, 0.5) is 5.69 Å². The monoisotopic (exact) mass is 397 g/mol. The van der Waals surface area contributed by atoms with Gasteiger partial charge in [0.2, 0.25) is 5.91 Å². The number of hydrogen-bond donors (Lipinski definition) is 2. The van der Waals surface area contributed by atoms with E-state index in [-0.39, 0.29) is 11.5 Å². The summed E-state index contributed by atoms with van der Waals surface area (Å²) >= 11 is 0. The summed E-state index contributed by atoms with van der Waals surface area (Å²) in [5.41, 5.74) is 2.43. The molecule has 1 amide bonds. The van der Waals surface area contributed by atoms with Crippen molar-refractivity contribution in [3.05, 3.63) is 52.6 Å². The number of carboxylic acids is 1. The number of methoxy groups -OCH3 is 2. The number of ether oxygens (including phenoxy) is 2. The van der Waals surface area contributed by atoms with Crippen LogP contribution in [0, 0.1) is 13.8 Å². The van der Waals surface area contributed by atoms with Gasteiger partial charge < -0.3 is 19.9 Å². The van der Waals surface area contributed by atoms with Gasteiger partial charge in [-0.25, -0.2) is 4.79 Å². The van der Waals surface area contributed by atoms with Crippen molar-refractivity contribution in [3.8, 4) is 11.5 Å². The Morgan fingerprint density at radius 2 is 1.62 bits per heavy atom. The first-order chi connectivity index (χ1) is 13.8. The smallest absolute Gasteiger partial charge is 0.336 e. The molecule has 0 spiro atoms. The average Bonchev–Trinajstić information content (AvgIpc) is 3.20. The number of benzene rings is 2. The van der Waals surface area contributed by atoms with Crippen LogP contribution in [0.1, 0.15) is 52.7 Å². The summed E-state index contributed by atoms with van der Waals surface area (Å²) in [5, 5.41) is 12.4. The molecule has 154 valence electrons. The van der Waals surface area contributed by atoms with E-state index >= 15 is 0 Å². The molecule has 1 aliphatic carbocycles. The predicted molar refractivity (Wildman–Crippen MR) is 111 cm³/mol. The molecule has 0 aromatic heterocycles. The Labute approximate surface area is 170 Å². The first kappa shape index (κ1) is 20.7. The number of nitrogens with one attached hydrogen (secondary N) is 1. The highest BCUT2D eigenvalue weighted by Gasteiger charge is 2.43. The molecule has 29 heavy (non-hydrogen) atoms. The molecule has 0 radical (unpaired) electrons. The van der Waals surface area contributed by atoms with Crippen molar-refractivity contribution >= 4 is 17.6 Å². The molecule has 0 atom stereocenters. The quantitative estimate of drug-likeness (QED) is 0.751. The molecule has 1 aliphatic rings. The molecule has 1 fully saturated rings. The Morgan fingerprint density at radius 1 is 0.966 bits per heavy atom. The zero-order valence-corrected chi connectivity index (χ0v) is 17.3. The number of anilines is 1. The molecule has 2 aromatic carbocycles. The molecule has 2 N–H and O–H groups in total. The van der Waals surface area contributed by atoms with Crippen molar-refractivity contribution in [2.24, 2.45) is 0 Å². The fraction of sp³-hybridized carbons (Fsp3) is 0.391. The first-order valence-electron chi connectivity index (χ1n) is 9.71. The maximum absolute atomic E-state index is 13.5. The van der Waals surface area contributed by atoms with E-state index in [1.807, 2.05) is 25.1 Å². The molecule has 0 bridgehead atoms. The summed E-state index contributed by atoms with van der Waals surface area (Å²) in [5.74, 6) is 0.0769. The highest BCUT2D eigenvalue weighted by Crippen LogP contribution is 2.44. The molecule has 0 unspecified atom stereocenters. The van der Waals surface area contributed by atoms with Gasteiger partial charge in [-0.1, -0.05) is 25.0 Å². The number of rotatable bonds is 6. The standard InChI is InChI=1S/C23H27NO5/c1-14-11-15(2)18(13-17(14)21(25)26)24-22(27)23(9-5-6-10-23)16-7-8-19(28-3)20(12-16)29-4/h7-8,11-13H,5-6,9-10H2,1-4H3,(H,24,27)(H,25,26). The summed E-state index contributed by atoms with van der Waals surface area (Å²) in [7, 11) is 3.15. The summed E-state index contributed by atoms with van der Waals surface area (Å²) in [4.78, 5) is 25.0. The summed E-state index contributed by atoms with van der Waals surface area (Å²) < 4.78 is 10.8. The van der Waals surface area contributed by atoms with Gasteiger partial charge in [0.1, 0.15) is 0 Å². The third-order valence-corrected chi connectivity index (χ3v) is 5.88. The van der Waals surface area contributed by atoms with E-state index in [1.165, 1.54) is 0 Å². The van der Waals surface area contributed by atoms with Crippen LogP contribution >= 0.6 is 0 Å².